The lowest BCUT2D eigenvalue weighted by atomic mass is 9.99. The molecule has 2 aromatic carbocycles. The first kappa shape index (κ1) is 9.86. The molecule has 0 amide bonds. The predicted octanol–water partition coefficient (Wildman–Crippen LogP) is 4.00. The Morgan fingerprint density at radius 2 is 1.62 bits per heavy atom. The molecule has 1 atom stereocenters. The molecule has 0 radical (unpaired) electrons. The van der Waals surface area contributed by atoms with Crippen molar-refractivity contribution in [3.8, 4) is 0 Å². The predicted molar refractivity (Wildman–Crippen MR) is 66.6 cm³/mol. The van der Waals surface area contributed by atoms with Gasteiger partial charge in [-0.2, -0.15) is 0 Å². The zero-order chi connectivity index (χ0) is 11.3. The van der Waals surface area contributed by atoms with Gasteiger partial charge in [-0.25, -0.2) is 0 Å². The first-order chi connectivity index (χ1) is 7.56. The molecule has 2 aromatic rings. The highest BCUT2D eigenvalue weighted by Gasteiger charge is 2.48. The number of rotatable bonds is 1. The molecule has 0 aliphatic carbocycles. The van der Waals surface area contributed by atoms with Crippen LogP contribution in [0.4, 0.5) is 0 Å². The van der Waals surface area contributed by atoms with Crippen molar-refractivity contribution in [2.24, 2.45) is 0 Å². The van der Waals surface area contributed by atoms with Crippen molar-refractivity contribution >= 4 is 10.8 Å². The number of fused-ring (bicyclic) bond motifs is 1. The van der Waals surface area contributed by atoms with Crippen LogP contribution < -0.4 is 0 Å². The molecular formula is C15H16O. The molecule has 1 aliphatic heterocycles. The Balaban J connectivity index is 2.07. The normalized spacial score (nSPS) is 22.3. The third-order valence-electron chi connectivity index (χ3n) is 3.32. The van der Waals surface area contributed by atoms with E-state index < -0.39 is 0 Å². The number of benzene rings is 2. The zero-order valence-corrected chi connectivity index (χ0v) is 9.95. The summed E-state index contributed by atoms with van der Waals surface area (Å²) < 4.78 is 5.66. The molecule has 82 valence electrons. The standard InChI is InChI=1S/C15H16O/c1-10-4-5-12-9-13(7-6-11(12)8-10)14-15(2,3)16-14/h4-9,14H,1-3H3. The number of ether oxygens (including phenoxy) is 1. The Bertz CT molecular complexity index is 554. The van der Waals surface area contributed by atoms with Crippen molar-refractivity contribution in [2.75, 3.05) is 0 Å². The minimum Gasteiger partial charge on any atom is -0.362 e. The van der Waals surface area contributed by atoms with E-state index in [1.165, 1.54) is 21.9 Å². The number of epoxide rings is 1. The molecule has 1 aliphatic rings. The number of hydrogen-bond acceptors (Lipinski definition) is 1. The molecule has 0 saturated carbocycles. The van der Waals surface area contributed by atoms with E-state index in [1.807, 2.05) is 0 Å². The minimum atomic E-state index is 0.0262. The van der Waals surface area contributed by atoms with E-state index in [2.05, 4.69) is 57.2 Å². The maximum absolute atomic E-state index is 5.66. The van der Waals surface area contributed by atoms with E-state index in [0.29, 0.717) is 0 Å². The van der Waals surface area contributed by atoms with Gasteiger partial charge < -0.3 is 4.74 Å². The van der Waals surface area contributed by atoms with E-state index >= 15 is 0 Å². The van der Waals surface area contributed by atoms with Crippen LogP contribution in [0.3, 0.4) is 0 Å². The average Bonchev–Trinajstić information content (AvgIpc) is 2.87. The fourth-order valence-corrected chi connectivity index (χ4v) is 2.29. The highest BCUT2D eigenvalue weighted by atomic mass is 16.6. The van der Waals surface area contributed by atoms with Gasteiger partial charge >= 0.3 is 0 Å². The Labute approximate surface area is 96.0 Å². The Morgan fingerprint density at radius 1 is 1.00 bits per heavy atom. The summed E-state index contributed by atoms with van der Waals surface area (Å²) in [7, 11) is 0. The van der Waals surface area contributed by atoms with Crippen LogP contribution in [0.15, 0.2) is 36.4 Å². The van der Waals surface area contributed by atoms with E-state index in [1.54, 1.807) is 0 Å². The monoisotopic (exact) mass is 212 g/mol. The van der Waals surface area contributed by atoms with E-state index in [9.17, 15) is 0 Å². The van der Waals surface area contributed by atoms with Crippen LogP contribution in [0.25, 0.3) is 10.8 Å². The van der Waals surface area contributed by atoms with Gasteiger partial charge in [0.2, 0.25) is 0 Å². The maximum atomic E-state index is 5.66. The smallest absolute Gasteiger partial charge is 0.112 e. The molecule has 1 saturated heterocycles. The fourth-order valence-electron chi connectivity index (χ4n) is 2.29. The van der Waals surface area contributed by atoms with Crippen LogP contribution >= 0.6 is 0 Å². The molecule has 0 spiro atoms. The van der Waals surface area contributed by atoms with Crippen LogP contribution in [0.5, 0.6) is 0 Å². The highest BCUT2D eigenvalue weighted by molar-refractivity contribution is 5.84. The average molecular weight is 212 g/mol. The molecule has 0 bridgehead atoms. The molecule has 1 heteroatoms. The summed E-state index contributed by atoms with van der Waals surface area (Å²) in [5.41, 5.74) is 2.63. The topological polar surface area (TPSA) is 12.5 Å². The van der Waals surface area contributed by atoms with E-state index in [0.717, 1.165) is 0 Å². The van der Waals surface area contributed by atoms with Crippen LogP contribution in [0.2, 0.25) is 0 Å². The van der Waals surface area contributed by atoms with Crippen LogP contribution in [0.1, 0.15) is 31.1 Å². The van der Waals surface area contributed by atoms with Crippen molar-refractivity contribution in [1.82, 2.24) is 0 Å². The van der Waals surface area contributed by atoms with Crippen molar-refractivity contribution in [3.05, 3.63) is 47.5 Å². The van der Waals surface area contributed by atoms with Gasteiger partial charge in [0.25, 0.3) is 0 Å². The molecule has 0 aromatic heterocycles. The van der Waals surface area contributed by atoms with Gasteiger partial charge in [-0.05, 0) is 43.2 Å². The molecular weight excluding hydrogens is 196 g/mol. The van der Waals surface area contributed by atoms with Gasteiger partial charge in [-0.3, -0.25) is 0 Å². The summed E-state index contributed by atoms with van der Waals surface area (Å²) in [6, 6.07) is 13.2. The van der Waals surface area contributed by atoms with Crippen LogP contribution in [0, 0.1) is 6.92 Å². The Morgan fingerprint density at radius 3 is 2.31 bits per heavy atom. The Kier molecular flexibility index (Phi) is 1.90. The van der Waals surface area contributed by atoms with Gasteiger partial charge in [0.1, 0.15) is 6.10 Å². The molecule has 1 unspecified atom stereocenters. The summed E-state index contributed by atoms with van der Waals surface area (Å²) in [5.74, 6) is 0. The van der Waals surface area contributed by atoms with E-state index in [-0.39, 0.29) is 11.7 Å². The van der Waals surface area contributed by atoms with Gasteiger partial charge in [0.15, 0.2) is 0 Å². The largest absolute Gasteiger partial charge is 0.362 e. The first-order valence-electron chi connectivity index (χ1n) is 5.74. The fraction of sp³-hybridized carbons (Fsp3) is 0.333. The summed E-state index contributed by atoms with van der Waals surface area (Å²) >= 11 is 0. The lowest BCUT2D eigenvalue weighted by molar-refractivity contribution is 0.325. The quantitative estimate of drug-likeness (QED) is 0.651. The third-order valence-corrected chi connectivity index (χ3v) is 3.32. The van der Waals surface area contributed by atoms with Crippen LogP contribution in [-0.4, -0.2) is 5.60 Å². The Hall–Kier alpha value is -1.34. The second-order valence-electron chi connectivity index (χ2n) is 5.21. The van der Waals surface area contributed by atoms with Crippen molar-refractivity contribution in [2.45, 2.75) is 32.5 Å². The highest BCUT2D eigenvalue weighted by Crippen LogP contribution is 2.49. The second-order valence-corrected chi connectivity index (χ2v) is 5.21. The first-order valence-corrected chi connectivity index (χ1v) is 5.74. The van der Waals surface area contributed by atoms with Crippen molar-refractivity contribution in [3.63, 3.8) is 0 Å². The van der Waals surface area contributed by atoms with E-state index in [4.69, 9.17) is 4.74 Å². The van der Waals surface area contributed by atoms with Gasteiger partial charge in [-0.1, -0.05) is 35.9 Å². The number of aryl methyl sites for hydroxylation is 1. The summed E-state index contributed by atoms with van der Waals surface area (Å²) in [5, 5.41) is 2.61. The molecule has 1 heterocycles. The number of hydrogen-bond donors (Lipinski definition) is 0. The summed E-state index contributed by atoms with van der Waals surface area (Å²) in [6.45, 7) is 6.40. The molecule has 1 fully saturated rings. The second kappa shape index (κ2) is 3.08. The van der Waals surface area contributed by atoms with Crippen molar-refractivity contribution in [1.29, 1.82) is 0 Å². The molecule has 3 rings (SSSR count). The molecule has 16 heavy (non-hydrogen) atoms. The SMILES string of the molecule is Cc1ccc2cc(C3OC3(C)C)ccc2c1. The summed E-state index contributed by atoms with van der Waals surface area (Å²) in [6.07, 6.45) is 0.276. The van der Waals surface area contributed by atoms with Crippen LogP contribution in [-0.2, 0) is 4.74 Å². The molecule has 0 N–H and O–H groups in total. The lowest BCUT2D eigenvalue weighted by Crippen LogP contribution is -1.97. The van der Waals surface area contributed by atoms with Gasteiger partial charge in [0.05, 0.1) is 5.60 Å². The van der Waals surface area contributed by atoms with Crippen molar-refractivity contribution < 1.29 is 4.74 Å². The lowest BCUT2D eigenvalue weighted by Gasteiger charge is -2.03. The maximum Gasteiger partial charge on any atom is 0.112 e. The summed E-state index contributed by atoms with van der Waals surface area (Å²) in [4.78, 5) is 0. The minimum absolute atomic E-state index is 0.0262. The van der Waals surface area contributed by atoms with Gasteiger partial charge in [-0.15, -0.1) is 0 Å². The third kappa shape index (κ3) is 1.52. The van der Waals surface area contributed by atoms with Gasteiger partial charge in [0, 0.05) is 0 Å². The zero-order valence-electron chi connectivity index (χ0n) is 9.95. The molecule has 1 nitrogen and oxygen atoms in total.